The molecule has 8 heteroatoms. The first-order valence-corrected chi connectivity index (χ1v) is 24.7. The third-order valence-electron chi connectivity index (χ3n) is 10.8. The number of ether oxygens (including phenoxy) is 3. The Bertz CT molecular complexity index is 907. The van der Waals surface area contributed by atoms with Crippen molar-refractivity contribution < 1.29 is 28.6 Å². The number of hydrogen-bond acceptors (Lipinski definition) is 7. The number of nitrogens with zero attached hydrogens (tertiary/aromatic N) is 1. The third-order valence-corrected chi connectivity index (χ3v) is 10.8. The molecule has 0 aliphatic heterocycles. The molecule has 1 amide bonds. The van der Waals surface area contributed by atoms with Crippen molar-refractivity contribution in [2.45, 2.75) is 265 Å². The molecule has 1 atom stereocenters. The van der Waals surface area contributed by atoms with Crippen molar-refractivity contribution in [1.82, 2.24) is 10.2 Å². The van der Waals surface area contributed by atoms with Gasteiger partial charge in [0.15, 0.2) is 0 Å². The van der Waals surface area contributed by atoms with E-state index in [9.17, 15) is 14.4 Å². The van der Waals surface area contributed by atoms with Crippen LogP contribution in [0.15, 0.2) is 0 Å². The number of esters is 2. The minimum atomic E-state index is -0.501. The predicted octanol–water partition coefficient (Wildman–Crippen LogP) is 14.2. The first kappa shape index (κ1) is 55.2. The van der Waals surface area contributed by atoms with Crippen molar-refractivity contribution >= 4 is 18.0 Å². The SMILES string of the molecule is CCCCCCCCCCCOC(=O)CCCCCN(CCCCCCCC(=O)OC(CCCCCCC)CCCCCCCC)CCCNC(=O)OC(C)(C)C. The number of carbonyl (C=O) groups excluding carboxylic acids is 3. The highest BCUT2D eigenvalue weighted by atomic mass is 16.6. The smallest absolute Gasteiger partial charge is 0.407 e. The lowest BCUT2D eigenvalue weighted by molar-refractivity contribution is -0.150. The lowest BCUT2D eigenvalue weighted by atomic mass is 10.0. The van der Waals surface area contributed by atoms with Gasteiger partial charge >= 0.3 is 18.0 Å². The van der Waals surface area contributed by atoms with Crippen LogP contribution >= 0.6 is 0 Å². The summed E-state index contributed by atoms with van der Waals surface area (Å²) in [5.41, 5.74) is -0.501. The zero-order valence-corrected chi connectivity index (χ0v) is 38.8. The van der Waals surface area contributed by atoms with Crippen LogP contribution < -0.4 is 5.32 Å². The standard InChI is InChI=1S/C49H96N2O6/c1-7-10-13-16-18-19-20-26-34-44-55-46(52)38-31-27-33-42-51(43-35-40-50-48(54)57-49(4,5)6)41-32-25-21-24-30-39-47(53)56-45(36-28-22-15-12-9-3)37-29-23-17-14-11-8-2/h45H,7-44H2,1-6H3,(H,50,54). The molecule has 0 aromatic heterocycles. The molecular formula is C49H96N2O6. The molecular weight excluding hydrogens is 713 g/mol. The van der Waals surface area contributed by atoms with Gasteiger partial charge in [0.25, 0.3) is 0 Å². The number of rotatable bonds is 42. The third kappa shape index (κ3) is 42.1. The Hall–Kier alpha value is -1.83. The first-order chi connectivity index (χ1) is 27.6. The fourth-order valence-electron chi connectivity index (χ4n) is 7.37. The Morgan fingerprint density at radius 1 is 0.491 bits per heavy atom. The quantitative estimate of drug-likeness (QED) is 0.0373. The Labute approximate surface area is 353 Å². The molecule has 0 saturated carbocycles. The van der Waals surface area contributed by atoms with Gasteiger partial charge < -0.3 is 24.4 Å². The van der Waals surface area contributed by atoms with Gasteiger partial charge in [-0.15, -0.1) is 0 Å². The second-order valence-corrected chi connectivity index (χ2v) is 17.9. The van der Waals surface area contributed by atoms with Gasteiger partial charge in [-0.3, -0.25) is 9.59 Å². The molecule has 0 saturated heterocycles. The summed E-state index contributed by atoms with van der Waals surface area (Å²) in [6.45, 7) is 16.5. The number of alkyl carbamates (subject to hydrolysis) is 1. The summed E-state index contributed by atoms with van der Waals surface area (Å²) in [7, 11) is 0. The van der Waals surface area contributed by atoms with E-state index in [1.165, 1.54) is 116 Å². The molecule has 8 nitrogen and oxygen atoms in total. The molecule has 1 unspecified atom stereocenters. The van der Waals surface area contributed by atoms with Crippen molar-refractivity contribution in [1.29, 1.82) is 0 Å². The van der Waals surface area contributed by atoms with Crippen molar-refractivity contribution in [3.8, 4) is 0 Å². The molecule has 57 heavy (non-hydrogen) atoms. The van der Waals surface area contributed by atoms with E-state index in [-0.39, 0.29) is 24.1 Å². The second-order valence-electron chi connectivity index (χ2n) is 17.9. The van der Waals surface area contributed by atoms with Crippen molar-refractivity contribution in [3.63, 3.8) is 0 Å². The van der Waals surface area contributed by atoms with E-state index in [1.54, 1.807) is 0 Å². The number of hydrogen-bond donors (Lipinski definition) is 1. The van der Waals surface area contributed by atoms with Crippen LogP contribution in [0.4, 0.5) is 4.79 Å². The highest BCUT2D eigenvalue weighted by Crippen LogP contribution is 2.18. The number of amides is 1. The number of carbonyl (C=O) groups is 3. The minimum absolute atomic E-state index is 0.00206. The van der Waals surface area contributed by atoms with E-state index in [1.807, 2.05) is 20.8 Å². The molecule has 0 rings (SSSR count). The summed E-state index contributed by atoms with van der Waals surface area (Å²) in [5.74, 6) is -0.0588. The van der Waals surface area contributed by atoms with Crippen LogP contribution in [-0.4, -0.2) is 67.4 Å². The molecule has 338 valence electrons. The summed E-state index contributed by atoms with van der Waals surface area (Å²) in [5, 5.41) is 2.89. The zero-order valence-electron chi connectivity index (χ0n) is 38.8. The molecule has 0 aromatic rings. The molecule has 0 aromatic carbocycles. The maximum Gasteiger partial charge on any atom is 0.407 e. The molecule has 1 N–H and O–H groups in total. The molecule has 0 heterocycles. The van der Waals surface area contributed by atoms with Gasteiger partial charge in [0, 0.05) is 19.4 Å². The van der Waals surface area contributed by atoms with Crippen LogP contribution in [0, 0.1) is 0 Å². The van der Waals surface area contributed by atoms with Crippen molar-refractivity contribution in [2.24, 2.45) is 0 Å². The molecule has 0 bridgehead atoms. The zero-order chi connectivity index (χ0) is 42.1. The second kappa shape index (κ2) is 40.9. The summed E-state index contributed by atoms with van der Waals surface area (Å²) >= 11 is 0. The molecule has 0 spiro atoms. The molecule has 0 aliphatic rings. The highest BCUT2D eigenvalue weighted by molar-refractivity contribution is 5.69. The van der Waals surface area contributed by atoms with E-state index in [0.717, 1.165) is 103 Å². The van der Waals surface area contributed by atoms with Gasteiger partial charge in [-0.1, -0.05) is 156 Å². The Morgan fingerprint density at radius 2 is 0.895 bits per heavy atom. The van der Waals surface area contributed by atoms with E-state index < -0.39 is 5.60 Å². The summed E-state index contributed by atoms with van der Waals surface area (Å²) in [4.78, 5) is 39.7. The van der Waals surface area contributed by atoms with Gasteiger partial charge in [-0.05, 0) is 105 Å². The monoisotopic (exact) mass is 809 g/mol. The summed E-state index contributed by atoms with van der Waals surface area (Å²) < 4.78 is 16.9. The number of nitrogens with one attached hydrogen (secondary N) is 1. The van der Waals surface area contributed by atoms with Gasteiger partial charge in [0.2, 0.25) is 0 Å². The average Bonchev–Trinajstić information content (AvgIpc) is 3.16. The largest absolute Gasteiger partial charge is 0.466 e. The lowest BCUT2D eigenvalue weighted by Crippen LogP contribution is -2.35. The first-order valence-electron chi connectivity index (χ1n) is 24.7. The van der Waals surface area contributed by atoms with Gasteiger partial charge in [-0.25, -0.2) is 4.79 Å². The van der Waals surface area contributed by atoms with Gasteiger partial charge in [0.05, 0.1) is 6.61 Å². The highest BCUT2D eigenvalue weighted by Gasteiger charge is 2.16. The Balaban J connectivity index is 4.45. The summed E-state index contributed by atoms with van der Waals surface area (Å²) in [6.07, 6.45) is 37.2. The van der Waals surface area contributed by atoms with E-state index in [2.05, 4.69) is 31.0 Å². The van der Waals surface area contributed by atoms with Crippen molar-refractivity contribution in [2.75, 3.05) is 32.8 Å². The van der Waals surface area contributed by atoms with Crippen LogP contribution in [0.2, 0.25) is 0 Å². The molecule has 0 aliphatic carbocycles. The average molecular weight is 809 g/mol. The fourth-order valence-corrected chi connectivity index (χ4v) is 7.37. The maximum atomic E-state index is 12.8. The Kier molecular flexibility index (Phi) is 39.6. The van der Waals surface area contributed by atoms with Crippen LogP contribution in [0.3, 0.4) is 0 Å². The normalized spacial score (nSPS) is 12.2. The van der Waals surface area contributed by atoms with Crippen LogP contribution in [0.25, 0.3) is 0 Å². The van der Waals surface area contributed by atoms with Gasteiger partial charge in [-0.2, -0.15) is 0 Å². The summed E-state index contributed by atoms with van der Waals surface area (Å²) in [6, 6.07) is 0. The number of unbranched alkanes of at least 4 members (excludes halogenated alkanes) is 23. The topological polar surface area (TPSA) is 94.2 Å². The lowest BCUT2D eigenvalue weighted by Gasteiger charge is -2.23. The Morgan fingerprint density at radius 3 is 1.40 bits per heavy atom. The fraction of sp³-hybridized carbons (Fsp3) is 0.939. The predicted molar refractivity (Wildman–Crippen MR) is 241 cm³/mol. The van der Waals surface area contributed by atoms with E-state index in [4.69, 9.17) is 14.2 Å². The van der Waals surface area contributed by atoms with Crippen LogP contribution in [0.1, 0.15) is 253 Å². The van der Waals surface area contributed by atoms with Crippen LogP contribution in [-0.2, 0) is 23.8 Å². The van der Waals surface area contributed by atoms with Crippen LogP contribution in [0.5, 0.6) is 0 Å². The minimum Gasteiger partial charge on any atom is -0.466 e. The maximum absolute atomic E-state index is 12.8. The van der Waals surface area contributed by atoms with Crippen molar-refractivity contribution in [3.05, 3.63) is 0 Å². The molecule has 0 radical (unpaired) electrons. The van der Waals surface area contributed by atoms with E-state index >= 15 is 0 Å². The molecule has 0 fully saturated rings. The van der Waals surface area contributed by atoms with Gasteiger partial charge in [0.1, 0.15) is 11.7 Å². The van der Waals surface area contributed by atoms with E-state index in [0.29, 0.717) is 26.0 Å².